The summed E-state index contributed by atoms with van der Waals surface area (Å²) in [5, 5.41) is 10.6. The van der Waals surface area contributed by atoms with E-state index in [1.165, 1.54) is 18.0 Å². The van der Waals surface area contributed by atoms with Crippen LogP contribution in [0.1, 0.15) is 33.2 Å². The second kappa shape index (κ2) is 4.87. The maximum atomic E-state index is 12.5. The number of aromatic amines is 1. The standard InChI is InChI=1S/C13H17N5O2S/c1-13(2,3)16-9(19)4-7-6-21-12-15-10-8(5-14-17-10)11(20)18(7)12/h5,7H,4,6H2,1-3H3,(H,14,17)(H,16,19). The Kier molecular flexibility index (Phi) is 3.27. The maximum absolute atomic E-state index is 12.5. The van der Waals surface area contributed by atoms with Crippen LogP contribution in [0, 0.1) is 0 Å². The van der Waals surface area contributed by atoms with Gasteiger partial charge in [0.1, 0.15) is 5.39 Å². The fourth-order valence-electron chi connectivity index (χ4n) is 2.39. The van der Waals surface area contributed by atoms with Crippen LogP contribution in [-0.4, -0.2) is 36.9 Å². The topological polar surface area (TPSA) is 92.7 Å². The summed E-state index contributed by atoms with van der Waals surface area (Å²) in [4.78, 5) is 28.9. The Morgan fingerprint density at radius 2 is 2.33 bits per heavy atom. The highest BCUT2D eigenvalue weighted by atomic mass is 32.2. The van der Waals surface area contributed by atoms with E-state index < -0.39 is 0 Å². The number of rotatable bonds is 2. The average Bonchev–Trinajstić information content (AvgIpc) is 2.94. The smallest absolute Gasteiger partial charge is 0.265 e. The minimum atomic E-state index is -0.274. The van der Waals surface area contributed by atoms with Crippen molar-refractivity contribution in [2.75, 3.05) is 5.75 Å². The molecule has 1 atom stereocenters. The molecule has 3 heterocycles. The number of thioether (sulfide) groups is 1. The SMILES string of the molecule is CC(C)(C)NC(=O)CC1CSc2nc3[nH]ncc3c(=O)n21. The van der Waals surface area contributed by atoms with Gasteiger partial charge in [-0.1, -0.05) is 11.8 Å². The lowest BCUT2D eigenvalue weighted by Gasteiger charge is -2.22. The van der Waals surface area contributed by atoms with Crippen molar-refractivity contribution in [2.45, 2.75) is 43.9 Å². The van der Waals surface area contributed by atoms with E-state index in [1.54, 1.807) is 4.57 Å². The number of carbonyl (C=O) groups is 1. The second-order valence-electron chi connectivity index (χ2n) is 6.17. The van der Waals surface area contributed by atoms with Gasteiger partial charge in [-0.15, -0.1) is 0 Å². The average molecular weight is 307 g/mol. The molecule has 0 aromatic carbocycles. The van der Waals surface area contributed by atoms with Gasteiger partial charge in [0.25, 0.3) is 5.56 Å². The van der Waals surface area contributed by atoms with Crippen molar-refractivity contribution < 1.29 is 4.79 Å². The summed E-state index contributed by atoms with van der Waals surface area (Å²) in [6.07, 6.45) is 1.76. The zero-order chi connectivity index (χ0) is 15.2. The molecule has 112 valence electrons. The van der Waals surface area contributed by atoms with Crippen molar-refractivity contribution in [1.29, 1.82) is 0 Å². The molecule has 1 aliphatic rings. The first kappa shape index (κ1) is 14.1. The van der Waals surface area contributed by atoms with Crippen LogP contribution in [0.15, 0.2) is 16.1 Å². The highest BCUT2D eigenvalue weighted by molar-refractivity contribution is 7.99. The summed E-state index contributed by atoms with van der Waals surface area (Å²) in [5.41, 5.74) is 0.0875. The molecular formula is C13H17N5O2S. The predicted octanol–water partition coefficient (Wildman–Crippen LogP) is 1.07. The number of nitrogens with one attached hydrogen (secondary N) is 2. The lowest BCUT2D eigenvalue weighted by molar-refractivity contribution is -0.123. The molecule has 2 N–H and O–H groups in total. The Bertz CT molecular complexity index is 758. The minimum absolute atomic E-state index is 0.0554. The third kappa shape index (κ3) is 2.67. The first-order valence-electron chi connectivity index (χ1n) is 6.74. The molecule has 0 aliphatic carbocycles. The predicted molar refractivity (Wildman–Crippen MR) is 80.4 cm³/mol. The van der Waals surface area contributed by atoms with Gasteiger partial charge in [-0.2, -0.15) is 5.10 Å². The molecule has 1 unspecified atom stereocenters. The fraction of sp³-hybridized carbons (Fsp3) is 0.538. The molecule has 3 rings (SSSR count). The molecule has 0 saturated carbocycles. The molecular weight excluding hydrogens is 290 g/mol. The second-order valence-corrected chi connectivity index (χ2v) is 7.16. The van der Waals surface area contributed by atoms with Crippen LogP contribution in [0.25, 0.3) is 11.0 Å². The summed E-state index contributed by atoms with van der Waals surface area (Å²) in [6, 6.07) is -0.161. The summed E-state index contributed by atoms with van der Waals surface area (Å²) in [5.74, 6) is 0.625. The van der Waals surface area contributed by atoms with E-state index in [2.05, 4.69) is 20.5 Å². The molecule has 0 fully saturated rings. The largest absolute Gasteiger partial charge is 0.351 e. The summed E-state index contributed by atoms with van der Waals surface area (Å²) < 4.78 is 1.62. The van der Waals surface area contributed by atoms with Gasteiger partial charge in [-0.25, -0.2) is 4.98 Å². The van der Waals surface area contributed by atoms with E-state index in [-0.39, 0.29) is 29.5 Å². The zero-order valence-corrected chi connectivity index (χ0v) is 13.0. The van der Waals surface area contributed by atoms with E-state index in [0.29, 0.717) is 21.9 Å². The van der Waals surface area contributed by atoms with E-state index in [9.17, 15) is 9.59 Å². The number of H-pyrrole nitrogens is 1. The summed E-state index contributed by atoms with van der Waals surface area (Å²) in [7, 11) is 0. The van der Waals surface area contributed by atoms with Crippen LogP contribution in [0.3, 0.4) is 0 Å². The lowest BCUT2D eigenvalue weighted by atomic mass is 10.1. The van der Waals surface area contributed by atoms with Gasteiger partial charge in [0.05, 0.1) is 12.2 Å². The van der Waals surface area contributed by atoms with Crippen molar-refractivity contribution in [2.24, 2.45) is 0 Å². The Morgan fingerprint density at radius 1 is 1.57 bits per heavy atom. The molecule has 1 amide bonds. The fourth-order valence-corrected chi connectivity index (χ4v) is 3.53. The minimum Gasteiger partial charge on any atom is -0.351 e. The molecule has 8 heteroatoms. The molecule has 2 aromatic rings. The van der Waals surface area contributed by atoms with Gasteiger partial charge in [-0.3, -0.25) is 19.3 Å². The first-order valence-corrected chi connectivity index (χ1v) is 7.73. The number of hydrogen-bond donors (Lipinski definition) is 2. The number of hydrogen-bond acceptors (Lipinski definition) is 5. The van der Waals surface area contributed by atoms with Crippen LogP contribution in [0.2, 0.25) is 0 Å². The number of amides is 1. The molecule has 0 saturated heterocycles. The van der Waals surface area contributed by atoms with E-state index in [0.717, 1.165) is 0 Å². The lowest BCUT2D eigenvalue weighted by Crippen LogP contribution is -2.42. The molecule has 21 heavy (non-hydrogen) atoms. The van der Waals surface area contributed by atoms with Crippen LogP contribution >= 0.6 is 11.8 Å². The normalized spacial score (nSPS) is 18.0. The third-order valence-electron chi connectivity index (χ3n) is 3.19. The monoisotopic (exact) mass is 307 g/mol. The summed E-state index contributed by atoms with van der Waals surface area (Å²) in [6.45, 7) is 5.81. The highest BCUT2D eigenvalue weighted by Gasteiger charge is 2.29. The Morgan fingerprint density at radius 3 is 3.05 bits per heavy atom. The zero-order valence-electron chi connectivity index (χ0n) is 12.1. The van der Waals surface area contributed by atoms with Crippen molar-refractivity contribution >= 4 is 28.7 Å². The molecule has 0 radical (unpaired) electrons. The number of fused-ring (bicyclic) bond motifs is 2. The molecule has 2 aromatic heterocycles. The van der Waals surface area contributed by atoms with Crippen LogP contribution in [0.4, 0.5) is 0 Å². The van der Waals surface area contributed by atoms with Crippen molar-refractivity contribution in [3.05, 3.63) is 16.6 Å². The van der Waals surface area contributed by atoms with Gasteiger partial charge in [0.15, 0.2) is 10.8 Å². The molecule has 0 bridgehead atoms. The number of nitrogens with zero attached hydrogens (tertiary/aromatic N) is 3. The highest BCUT2D eigenvalue weighted by Crippen LogP contribution is 2.32. The number of carbonyl (C=O) groups excluding carboxylic acids is 1. The van der Waals surface area contributed by atoms with E-state index >= 15 is 0 Å². The van der Waals surface area contributed by atoms with Gasteiger partial charge < -0.3 is 5.32 Å². The Balaban J connectivity index is 1.90. The quantitative estimate of drug-likeness (QED) is 0.810. The molecule has 1 aliphatic heterocycles. The van der Waals surface area contributed by atoms with Gasteiger partial charge in [0.2, 0.25) is 5.91 Å². The molecule has 7 nitrogen and oxygen atoms in total. The first-order chi connectivity index (χ1) is 9.85. The molecule has 0 spiro atoms. The van der Waals surface area contributed by atoms with E-state index in [1.807, 2.05) is 20.8 Å². The van der Waals surface area contributed by atoms with Crippen molar-refractivity contribution in [3.8, 4) is 0 Å². The van der Waals surface area contributed by atoms with E-state index in [4.69, 9.17) is 0 Å². The summed E-state index contributed by atoms with van der Waals surface area (Å²) >= 11 is 1.49. The van der Waals surface area contributed by atoms with Crippen LogP contribution in [-0.2, 0) is 4.79 Å². The van der Waals surface area contributed by atoms with Crippen LogP contribution < -0.4 is 10.9 Å². The Hall–Kier alpha value is -1.83. The van der Waals surface area contributed by atoms with Gasteiger partial charge in [0, 0.05) is 17.7 Å². The van der Waals surface area contributed by atoms with Gasteiger partial charge in [-0.05, 0) is 20.8 Å². The Labute approximate surface area is 125 Å². The van der Waals surface area contributed by atoms with Gasteiger partial charge >= 0.3 is 0 Å². The third-order valence-corrected chi connectivity index (χ3v) is 4.28. The maximum Gasteiger partial charge on any atom is 0.265 e. The number of aromatic nitrogens is 4. The van der Waals surface area contributed by atoms with Crippen molar-refractivity contribution in [1.82, 2.24) is 25.1 Å². The van der Waals surface area contributed by atoms with Crippen molar-refractivity contribution in [3.63, 3.8) is 0 Å². The van der Waals surface area contributed by atoms with Crippen LogP contribution in [0.5, 0.6) is 0 Å².